The third kappa shape index (κ3) is 5.80. The Morgan fingerprint density at radius 3 is 2.43 bits per heavy atom. The van der Waals surface area contributed by atoms with E-state index in [0.29, 0.717) is 10.8 Å². The summed E-state index contributed by atoms with van der Waals surface area (Å²) in [5.41, 5.74) is -2.86. The zero-order chi connectivity index (χ0) is 18.0. The Morgan fingerprint density at radius 2 is 1.96 bits per heavy atom. The highest BCUT2D eigenvalue weighted by Crippen LogP contribution is 2.31. The van der Waals surface area contributed by atoms with E-state index in [0.717, 1.165) is 0 Å². The van der Waals surface area contributed by atoms with Gasteiger partial charge >= 0.3 is 5.69 Å². The molecule has 0 fully saturated rings. The largest absolute Gasteiger partial charge is 0.333 e. The van der Waals surface area contributed by atoms with Crippen LogP contribution in [0.4, 0.5) is 4.39 Å². The summed E-state index contributed by atoms with van der Waals surface area (Å²) in [4.78, 5) is 36.2. The van der Waals surface area contributed by atoms with Crippen molar-refractivity contribution >= 4 is 40.7 Å². The van der Waals surface area contributed by atoms with Gasteiger partial charge in [0, 0.05) is 5.41 Å². The number of H-pyrrole nitrogens is 1. The van der Waals surface area contributed by atoms with Gasteiger partial charge in [-0.05, 0) is 0 Å². The van der Waals surface area contributed by atoms with Gasteiger partial charge in [-0.15, -0.1) is 0 Å². The van der Waals surface area contributed by atoms with E-state index in [2.05, 4.69) is 5.32 Å². The van der Waals surface area contributed by atoms with Gasteiger partial charge in [0.1, 0.15) is 6.73 Å². The Bertz CT molecular complexity index is 691. The standard InChI is InChI=1S/C12H15Cl3FN3O4/c1-11(2,3)8(21)18-9(12(13,14)15)23-5-19-4-6(16)7(20)17-10(19)22/h4,9H,5H2,1-3H3,(H,18,21)(H,17,20,22). The van der Waals surface area contributed by atoms with Crippen LogP contribution in [0.1, 0.15) is 20.8 Å². The Labute approximate surface area is 145 Å². The van der Waals surface area contributed by atoms with Crippen LogP contribution in [0.2, 0.25) is 0 Å². The summed E-state index contributed by atoms with van der Waals surface area (Å²) >= 11 is 17.2. The molecule has 1 aromatic rings. The number of rotatable bonds is 4. The van der Waals surface area contributed by atoms with Crippen molar-refractivity contribution < 1.29 is 13.9 Å². The quantitative estimate of drug-likeness (QED) is 0.602. The average molecular weight is 391 g/mol. The molecule has 0 saturated heterocycles. The summed E-state index contributed by atoms with van der Waals surface area (Å²) in [6.45, 7) is 4.36. The van der Waals surface area contributed by atoms with Crippen LogP contribution >= 0.6 is 34.8 Å². The maximum atomic E-state index is 13.2. The number of aromatic nitrogens is 2. The van der Waals surface area contributed by atoms with Crippen LogP contribution < -0.4 is 16.6 Å². The van der Waals surface area contributed by atoms with Crippen molar-refractivity contribution in [3.05, 3.63) is 32.9 Å². The lowest BCUT2D eigenvalue weighted by molar-refractivity contribution is -0.134. The molecule has 0 aliphatic carbocycles. The third-order valence-corrected chi connectivity index (χ3v) is 3.18. The van der Waals surface area contributed by atoms with E-state index in [1.165, 1.54) is 0 Å². The van der Waals surface area contributed by atoms with E-state index < -0.39 is 45.1 Å². The highest BCUT2D eigenvalue weighted by molar-refractivity contribution is 6.68. The van der Waals surface area contributed by atoms with Crippen molar-refractivity contribution in [2.24, 2.45) is 5.41 Å². The number of ether oxygens (including phenoxy) is 1. The molecule has 0 spiro atoms. The van der Waals surface area contributed by atoms with Crippen molar-refractivity contribution in [1.82, 2.24) is 14.9 Å². The lowest BCUT2D eigenvalue weighted by Crippen LogP contribution is -2.50. The van der Waals surface area contributed by atoms with E-state index in [1.54, 1.807) is 25.8 Å². The van der Waals surface area contributed by atoms with Crippen molar-refractivity contribution in [3.8, 4) is 0 Å². The lowest BCUT2D eigenvalue weighted by atomic mass is 9.96. The fourth-order valence-electron chi connectivity index (χ4n) is 1.29. The van der Waals surface area contributed by atoms with E-state index in [-0.39, 0.29) is 0 Å². The molecule has 130 valence electrons. The summed E-state index contributed by atoms with van der Waals surface area (Å²) in [5.74, 6) is -1.65. The number of halogens is 4. The van der Waals surface area contributed by atoms with Crippen LogP contribution in [0.3, 0.4) is 0 Å². The van der Waals surface area contributed by atoms with Crippen molar-refractivity contribution in [1.29, 1.82) is 0 Å². The van der Waals surface area contributed by atoms with Gasteiger partial charge in [0.2, 0.25) is 15.5 Å². The Hall–Kier alpha value is -1.09. The van der Waals surface area contributed by atoms with Gasteiger partial charge in [0.25, 0.3) is 5.56 Å². The number of nitrogens with zero attached hydrogens (tertiary/aromatic N) is 1. The van der Waals surface area contributed by atoms with Crippen molar-refractivity contribution in [3.63, 3.8) is 0 Å². The summed E-state index contributed by atoms with van der Waals surface area (Å²) in [7, 11) is 0. The Kier molecular flexibility index (Phi) is 6.25. The number of alkyl halides is 3. The first-order valence-electron chi connectivity index (χ1n) is 6.31. The molecule has 11 heteroatoms. The average Bonchev–Trinajstić information content (AvgIpc) is 2.37. The number of hydrogen-bond acceptors (Lipinski definition) is 4. The molecule has 1 atom stereocenters. The van der Waals surface area contributed by atoms with Gasteiger partial charge in [0.15, 0.2) is 6.23 Å². The number of aromatic amines is 1. The molecule has 1 unspecified atom stereocenters. The lowest BCUT2D eigenvalue weighted by Gasteiger charge is -2.28. The molecule has 1 heterocycles. The SMILES string of the molecule is CC(C)(C)C(=O)NC(OCn1cc(F)c(=O)[nH]c1=O)C(Cl)(Cl)Cl. The molecule has 1 amide bonds. The first-order valence-corrected chi connectivity index (χ1v) is 7.44. The van der Waals surface area contributed by atoms with Gasteiger partial charge in [0.05, 0.1) is 6.20 Å². The third-order valence-electron chi connectivity index (χ3n) is 2.59. The number of amides is 1. The molecule has 0 bridgehead atoms. The number of nitrogens with one attached hydrogen (secondary N) is 2. The molecule has 2 N–H and O–H groups in total. The molecule has 1 aromatic heterocycles. The van der Waals surface area contributed by atoms with Gasteiger partial charge in [-0.1, -0.05) is 55.6 Å². The van der Waals surface area contributed by atoms with Gasteiger partial charge in [-0.2, -0.15) is 4.39 Å². The smallest absolute Gasteiger partial charge is 0.330 e. The number of carbonyl (C=O) groups is 1. The second-order valence-electron chi connectivity index (χ2n) is 5.65. The van der Waals surface area contributed by atoms with Crippen LogP contribution in [-0.4, -0.2) is 25.5 Å². The summed E-state index contributed by atoms with van der Waals surface area (Å²) in [6, 6.07) is 0. The summed E-state index contributed by atoms with van der Waals surface area (Å²) < 4.78 is 17.0. The van der Waals surface area contributed by atoms with Gasteiger partial charge < -0.3 is 10.1 Å². The maximum Gasteiger partial charge on any atom is 0.330 e. The fraction of sp³-hybridized carbons (Fsp3) is 0.583. The predicted octanol–water partition coefficient (Wildman–Crippen LogP) is 1.51. The second kappa shape index (κ2) is 7.21. The maximum absolute atomic E-state index is 13.2. The first kappa shape index (κ1) is 20.0. The molecule has 23 heavy (non-hydrogen) atoms. The second-order valence-corrected chi connectivity index (χ2v) is 8.02. The Morgan fingerprint density at radius 1 is 1.39 bits per heavy atom. The zero-order valence-corrected chi connectivity index (χ0v) is 14.7. The van der Waals surface area contributed by atoms with Crippen molar-refractivity contribution in [2.75, 3.05) is 0 Å². The van der Waals surface area contributed by atoms with Gasteiger partial charge in [-0.3, -0.25) is 19.1 Å². The molecule has 1 rings (SSSR count). The van der Waals surface area contributed by atoms with E-state index in [1.807, 2.05) is 0 Å². The summed E-state index contributed by atoms with van der Waals surface area (Å²) in [5, 5.41) is 2.37. The minimum Gasteiger partial charge on any atom is -0.333 e. The van der Waals surface area contributed by atoms with E-state index in [4.69, 9.17) is 39.5 Å². The highest BCUT2D eigenvalue weighted by atomic mass is 35.6. The fourth-order valence-corrected chi connectivity index (χ4v) is 1.64. The molecule has 0 aliphatic heterocycles. The van der Waals surface area contributed by atoms with Crippen LogP contribution in [0, 0.1) is 11.2 Å². The van der Waals surface area contributed by atoms with Crippen LogP contribution in [-0.2, 0) is 16.3 Å². The Balaban J connectivity index is 2.92. The number of hydrogen-bond donors (Lipinski definition) is 2. The molecular weight excluding hydrogens is 376 g/mol. The van der Waals surface area contributed by atoms with Crippen LogP contribution in [0.5, 0.6) is 0 Å². The molecule has 0 radical (unpaired) electrons. The number of carbonyl (C=O) groups excluding carboxylic acids is 1. The zero-order valence-electron chi connectivity index (χ0n) is 12.5. The molecule has 7 nitrogen and oxygen atoms in total. The van der Waals surface area contributed by atoms with E-state index in [9.17, 15) is 18.8 Å². The molecule has 0 aromatic carbocycles. The molecular formula is C12H15Cl3FN3O4. The molecule has 0 saturated carbocycles. The first-order chi connectivity index (χ1) is 10.3. The monoisotopic (exact) mass is 389 g/mol. The minimum absolute atomic E-state index is 0.464. The van der Waals surface area contributed by atoms with Crippen LogP contribution in [0.15, 0.2) is 15.8 Å². The minimum atomic E-state index is -2.04. The highest BCUT2D eigenvalue weighted by Gasteiger charge is 2.37. The van der Waals surface area contributed by atoms with E-state index >= 15 is 0 Å². The van der Waals surface area contributed by atoms with Gasteiger partial charge in [-0.25, -0.2) is 4.79 Å². The molecule has 0 aliphatic rings. The summed E-state index contributed by atoms with van der Waals surface area (Å²) in [6.07, 6.45) is -0.761. The topological polar surface area (TPSA) is 93.2 Å². The predicted molar refractivity (Wildman–Crippen MR) is 84.0 cm³/mol. The normalized spacial score (nSPS) is 13.7. The van der Waals surface area contributed by atoms with Crippen molar-refractivity contribution in [2.45, 2.75) is 37.5 Å². The van der Waals surface area contributed by atoms with Crippen LogP contribution in [0.25, 0.3) is 0 Å².